The van der Waals surface area contributed by atoms with Crippen molar-refractivity contribution in [2.75, 3.05) is 0 Å². The van der Waals surface area contributed by atoms with Gasteiger partial charge in [0.25, 0.3) is 0 Å². The molecule has 0 saturated heterocycles. The Balaban J connectivity index is -0.000000113. The Morgan fingerprint density at radius 2 is 1.39 bits per heavy atom. The number of ketones is 1. The van der Waals surface area contributed by atoms with Gasteiger partial charge in [0.2, 0.25) is 0 Å². The van der Waals surface area contributed by atoms with Gasteiger partial charge in [-0.2, -0.15) is 0 Å². The summed E-state index contributed by atoms with van der Waals surface area (Å²) in [7, 11) is 0. The van der Waals surface area contributed by atoms with Crippen LogP contribution < -0.4 is 0 Å². The molecule has 1 aromatic carbocycles. The van der Waals surface area contributed by atoms with Crippen molar-refractivity contribution in [1.29, 1.82) is 0 Å². The van der Waals surface area contributed by atoms with E-state index in [9.17, 15) is 4.79 Å². The van der Waals surface area contributed by atoms with E-state index in [1.54, 1.807) is 6.07 Å². The summed E-state index contributed by atoms with van der Waals surface area (Å²) in [5.41, 5.74) is 1.13. The number of halogens is 2. The van der Waals surface area contributed by atoms with E-state index >= 15 is 0 Å². The predicted octanol–water partition coefficient (Wildman–Crippen LogP) is 8.39. The first kappa shape index (κ1) is 30.4. The molecule has 138 valence electrons. The minimum absolute atomic E-state index is 0.167. The van der Waals surface area contributed by atoms with E-state index in [4.69, 9.17) is 23.2 Å². The van der Waals surface area contributed by atoms with Crippen molar-refractivity contribution in [3.8, 4) is 0 Å². The van der Waals surface area contributed by atoms with Gasteiger partial charge in [-0.3, -0.25) is 0 Å². The first-order chi connectivity index (χ1) is 10.7. The smallest absolute Gasteiger partial charge is 0.126 e. The Bertz CT molecular complexity index is 357. The highest BCUT2D eigenvalue weighted by Crippen LogP contribution is 2.21. The molecule has 0 aromatic heterocycles. The zero-order chi connectivity index (χ0) is 19.4. The third-order valence-electron chi connectivity index (χ3n) is 1.94. The van der Waals surface area contributed by atoms with Crippen LogP contribution in [-0.4, -0.2) is 5.78 Å². The molecule has 0 atom stereocenters. The number of benzene rings is 1. The zero-order valence-electron chi connectivity index (χ0n) is 16.9. The maximum Gasteiger partial charge on any atom is 0.126 e. The molecule has 0 radical (unpaired) electrons. The van der Waals surface area contributed by atoms with Crippen LogP contribution in [0.25, 0.3) is 0 Å². The molecule has 0 fully saturated rings. The summed E-state index contributed by atoms with van der Waals surface area (Å²) < 4.78 is 0. The second-order valence-electron chi connectivity index (χ2n) is 5.01. The molecule has 0 amide bonds. The minimum atomic E-state index is 0.167. The van der Waals surface area contributed by atoms with Crippen LogP contribution in [0.1, 0.15) is 80.7 Å². The van der Waals surface area contributed by atoms with Gasteiger partial charge in [-0.1, -0.05) is 90.6 Å². The molecule has 1 rings (SSSR count). The molecular formula is C20H38Cl2O. The van der Waals surface area contributed by atoms with Crippen LogP contribution in [0.3, 0.4) is 0 Å². The number of hydrogen-bond acceptors (Lipinski definition) is 1. The first-order valence-electron chi connectivity index (χ1n) is 8.59. The van der Waals surface area contributed by atoms with E-state index in [0.29, 0.717) is 10.0 Å². The molecule has 0 saturated carbocycles. The number of carbonyl (C=O) groups excluding carboxylic acids is 1. The summed E-state index contributed by atoms with van der Waals surface area (Å²) >= 11 is 11.3. The lowest BCUT2D eigenvalue weighted by atomic mass is 10.1. The van der Waals surface area contributed by atoms with Crippen LogP contribution in [0, 0.1) is 12.8 Å². The molecule has 1 aromatic rings. The molecule has 1 nitrogen and oxygen atoms in total. The largest absolute Gasteiger partial charge is 0.300 e. The number of hydrogen-bond donors (Lipinski definition) is 0. The van der Waals surface area contributed by atoms with E-state index < -0.39 is 0 Å². The van der Waals surface area contributed by atoms with Gasteiger partial charge in [-0.25, -0.2) is 0 Å². The van der Waals surface area contributed by atoms with Crippen LogP contribution in [0.5, 0.6) is 0 Å². The topological polar surface area (TPSA) is 17.1 Å². The quantitative estimate of drug-likeness (QED) is 0.514. The summed E-state index contributed by atoms with van der Waals surface area (Å²) in [5.74, 6) is 1.06. The molecule has 0 N–H and O–H groups in total. The van der Waals surface area contributed by atoms with E-state index in [-0.39, 0.29) is 5.78 Å². The van der Waals surface area contributed by atoms with Crippen LogP contribution in [0.4, 0.5) is 0 Å². The van der Waals surface area contributed by atoms with Crippen LogP contribution >= 0.6 is 23.2 Å². The Kier molecular flexibility index (Phi) is 31.3. The molecule has 0 heterocycles. The van der Waals surface area contributed by atoms with Crippen molar-refractivity contribution < 1.29 is 4.79 Å². The van der Waals surface area contributed by atoms with Gasteiger partial charge in [-0.15, -0.1) is 0 Å². The van der Waals surface area contributed by atoms with Gasteiger partial charge < -0.3 is 4.79 Å². The lowest BCUT2D eigenvalue weighted by Crippen LogP contribution is -1.81. The van der Waals surface area contributed by atoms with E-state index in [1.165, 1.54) is 26.7 Å². The van der Waals surface area contributed by atoms with E-state index in [0.717, 1.165) is 11.5 Å². The molecule has 0 spiro atoms. The lowest BCUT2D eigenvalue weighted by molar-refractivity contribution is -0.114. The van der Waals surface area contributed by atoms with Gasteiger partial charge in [0, 0.05) is 0 Å². The number of aryl methyl sites for hydroxylation is 1. The fourth-order valence-electron chi connectivity index (χ4n) is 1.18. The maximum absolute atomic E-state index is 9.44. The van der Waals surface area contributed by atoms with E-state index in [2.05, 4.69) is 20.8 Å². The molecule has 0 unspecified atom stereocenters. The van der Waals surface area contributed by atoms with Crippen LogP contribution in [-0.2, 0) is 4.79 Å². The fraction of sp³-hybridized carbons (Fsp3) is 0.650. The number of Topliss-reactive ketones (excluding diaryl/α,β-unsaturated/α-hetero) is 1. The molecule has 3 heteroatoms. The number of carbonyl (C=O) groups is 1. The Morgan fingerprint density at radius 3 is 1.57 bits per heavy atom. The molecule has 0 aliphatic rings. The van der Waals surface area contributed by atoms with Crippen molar-refractivity contribution in [3.63, 3.8) is 0 Å². The molecule has 0 aliphatic carbocycles. The Hall–Kier alpha value is -0.530. The van der Waals surface area contributed by atoms with Crippen molar-refractivity contribution in [3.05, 3.63) is 33.8 Å². The van der Waals surface area contributed by atoms with Crippen molar-refractivity contribution in [2.24, 2.45) is 5.92 Å². The minimum Gasteiger partial charge on any atom is -0.300 e. The SMILES string of the molecule is CC.CC.CC(C)=O.CCCC(C)C.Cc1ccc(Cl)c(Cl)c1. The second-order valence-corrected chi connectivity index (χ2v) is 5.82. The van der Waals surface area contributed by atoms with Gasteiger partial charge in [-0.05, 0) is 44.4 Å². The van der Waals surface area contributed by atoms with Crippen molar-refractivity contribution >= 4 is 29.0 Å². The standard InChI is InChI=1S/C7H6Cl2.C6H14.C3H6O.2C2H6/c1-5-2-3-6(8)7(9)4-5;1-4-5-6(2)3;1-3(2)4;2*1-2/h2-4H,1H3;6H,4-5H2,1-3H3;1-2H3;2*1-2H3. The van der Waals surface area contributed by atoms with Gasteiger partial charge >= 0.3 is 0 Å². The zero-order valence-corrected chi connectivity index (χ0v) is 18.4. The van der Waals surface area contributed by atoms with E-state index in [1.807, 2.05) is 46.8 Å². The summed E-state index contributed by atoms with van der Waals surface area (Å²) in [6.07, 6.45) is 2.71. The maximum atomic E-state index is 9.44. The van der Waals surface area contributed by atoms with Crippen molar-refractivity contribution in [2.45, 2.75) is 82.1 Å². The molecule has 0 bridgehead atoms. The third kappa shape index (κ3) is 34.0. The Morgan fingerprint density at radius 1 is 1.00 bits per heavy atom. The first-order valence-corrected chi connectivity index (χ1v) is 9.35. The summed E-state index contributed by atoms with van der Waals surface area (Å²) in [6, 6.07) is 5.55. The highest BCUT2D eigenvalue weighted by Gasteiger charge is 1.93. The summed E-state index contributed by atoms with van der Waals surface area (Å²) in [5, 5.41) is 1.24. The Labute approximate surface area is 155 Å². The highest BCUT2D eigenvalue weighted by molar-refractivity contribution is 6.41. The van der Waals surface area contributed by atoms with Gasteiger partial charge in [0.15, 0.2) is 0 Å². The van der Waals surface area contributed by atoms with Gasteiger partial charge in [0.05, 0.1) is 10.0 Å². The molecular weight excluding hydrogens is 327 g/mol. The lowest BCUT2D eigenvalue weighted by Gasteiger charge is -1.95. The highest BCUT2D eigenvalue weighted by atomic mass is 35.5. The second kappa shape index (κ2) is 23.7. The molecule has 23 heavy (non-hydrogen) atoms. The van der Waals surface area contributed by atoms with Gasteiger partial charge in [0.1, 0.15) is 5.78 Å². The fourth-order valence-corrected chi connectivity index (χ4v) is 1.53. The summed E-state index contributed by atoms with van der Waals surface area (Å²) in [4.78, 5) is 9.44. The predicted molar refractivity (Wildman–Crippen MR) is 110 cm³/mol. The number of rotatable bonds is 2. The average Bonchev–Trinajstić information content (AvgIpc) is 2.47. The third-order valence-corrected chi connectivity index (χ3v) is 2.68. The summed E-state index contributed by atoms with van der Waals surface area (Å²) in [6.45, 7) is 19.8. The van der Waals surface area contributed by atoms with Crippen LogP contribution in [0.2, 0.25) is 10.0 Å². The average molecular weight is 365 g/mol. The molecule has 0 aliphatic heterocycles. The van der Waals surface area contributed by atoms with Crippen LogP contribution in [0.15, 0.2) is 18.2 Å². The van der Waals surface area contributed by atoms with Crippen molar-refractivity contribution in [1.82, 2.24) is 0 Å². The normalized spacial score (nSPS) is 8.04. The monoisotopic (exact) mass is 364 g/mol.